The smallest absolute Gasteiger partial charge is 0.330 e. The highest BCUT2D eigenvalue weighted by atomic mass is 16.6. The van der Waals surface area contributed by atoms with E-state index in [1.807, 2.05) is 20.8 Å². The van der Waals surface area contributed by atoms with E-state index in [2.05, 4.69) is 5.32 Å². The Morgan fingerprint density at radius 1 is 1.41 bits per heavy atom. The van der Waals surface area contributed by atoms with Crippen molar-refractivity contribution in [3.63, 3.8) is 0 Å². The Labute approximate surface area is 103 Å². The van der Waals surface area contributed by atoms with Crippen molar-refractivity contribution >= 4 is 5.97 Å². The summed E-state index contributed by atoms with van der Waals surface area (Å²) in [5.74, 6) is -0.368. The third-order valence-electron chi connectivity index (χ3n) is 2.01. The molecule has 0 saturated carbocycles. The Bertz CT molecular complexity index is 251. The first-order chi connectivity index (χ1) is 7.91. The van der Waals surface area contributed by atoms with Gasteiger partial charge in [0.2, 0.25) is 0 Å². The van der Waals surface area contributed by atoms with Crippen LogP contribution in [-0.4, -0.2) is 42.7 Å². The molecule has 1 atom stereocenters. The fraction of sp³-hybridized carbons (Fsp3) is 0.750. The Morgan fingerprint density at radius 3 is 2.59 bits per heavy atom. The second-order valence-electron chi connectivity index (χ2n) is 4.10. The number of hydrogen-bond donors (Lipinski definition) is 2. The first kappa shape index (κ1) is 16.1. The molecule has 17 heavy (non-hydrogen) atoms. The molecule has 0 aliphatic heterocycles. The molecule has 0 aromatic rings. The van der Waals surface area contributed by atoms with Crippen molar-refractivity contribution < 1.29 is 19.4 Å². The molecule has 0 fully saturated rings. The van der Waals surface area contributed by atoms with Gasteiger partial charge in [-0.25, -0.2) is 4.79 Å². The van der Waals surface area contributed by atoms with E-state index in [1.165, 1.54) is 6.08 Å². The second-order valence-corrected chi connectivity index (χ2v) is 4.10. The Kier molecular flexibility index (Phi) is 7.78. The molecule has 0 bridgehead atoms. The maximum Gasteiger partial charge on any atom is 0.330 e. The molecule has 0 aliphatic carbocycles. The van der Waals surface area contributed by atoms with Crippen LogP contribution in [0.3, 0.4) is 0 Å². The SMILES string of the molecule is CCOC(=O)C=CC(C)(C)NCC(O)OCC. The normalized spacial score (nSPS) is 13.9. The monoisotopic (exact) mass is 245 g/mol. The molecule has 100 valence electrons. The summed E-state index contributed by atoms with van der Waals surface area (Å²) in [7, 11) is 0. The summed E-state index contributed by atoms with van der Waals surface area (Å²) in [6.45, 7) is 8.47. The standard InChI is InChI=1S/C12H23NO4/c1-5-16-10(14)7-8-12(3,4)13-9-11(15)17-6-2/h7-8,11,13,15H,5-6,9H2,1-4H3. The molecule has 0 heterocycles. The van der Waals surface area contributed by atoms with Crippen LogP contribution in [0.4, 0.5) is 0 Å². The minimum atomic E-state index is -0.838. The average Bonchev–Trinajstić information content (AvgIpc) is 2.25. The molecule has 0 radical (unpaired) electrons. The van der Waals surface area contributed by atoms with Crippen LogP contribution in [0.25, 0.3) is 0 Å². The average molecular weight is 245 g/mol. The van der Waals surface area contributed by atoms with Crippen molar-refractivity contribution in [3.8, 4) is 0 Å². The molecule has 2 N–H and O–H groups in total. The highest BCUT2D eigenvalue weighted by Crippen LogP contribution is 2.04. The lowest BCUT2D eigenvalue weighted by Crippen LogP contribution is -2.42. The van der Waals surface area contributed by atoms with Gasteiger partial charge in [0, 0.05) is 24.8 Å². The third kappa shape index (κ3) is 8.85. The van der Waals surface area contributed by atoms with Gasteiger partial charge in [0.15, 0.2) is 6.29 Å². The van der Waals surface area contributed by atoms with Gasteiger partial charge in [0.05, 0.1) is 6.61 Å². The van der Waals surface area contributed by atoms with Gasteiger partial charge in [-0.2, -0.15) is 0 Å². The number of ether oxygens (including phenoxy) is 2. The topological polar surface area (TPSA) is 67.8 Å². The predicted octanol–water partition coefficient (Wildman–Crippen LogP) is 0.829. The number of nitrogens with one attached hydrogen (secondary N) is 1. The Balaban J connectivity index is 4.06. The molecule has 0 amide bonds. The summed E-state index contributed by atoms with van der Waals surface area (Å²) in [5, 5.41) is 12.4. The van der Waals surface area contributed by atoms with Crippen molar-refractivity contribution in [1.82, 2.24) is 5.32 Å². The van der Waals surface area contributed by atoms with E-state index in [-0.39, 0.29) is 5.97 Å². The van der Waals surface area contributed by atoms with Crippen LogP contribution >= 0.6 is 0 Å². The van der Waals surface area contributed by atoms with Crippen LogP contribution in [0, 0.1) is 0 Å². The van der Waals surface area contributed by atoms with E-state index in [0.29, 0.717) is 19.8 Å². The van der Waals surface area contributed by atoms with Gasteiger partial charge in [0.1, 0.15) is 0 Å². The van der Waals surface area contributed by atoms with Gasteiger partial charge in [-0.3, -0.25) is 0 Å². The van der Waals surface area contributed by atoms with E-state index < -0.39 is 11.8 Å². The van der Waals surface area contributed by atoms with Crippen LogP contribution in [0.15, 0.2) is 12.2 Å². The Hall–Kier alpha value is -0.910. The molecular weight excluding hydrogens is 222 g/mol. The number of carbonyl (C=O) groups excluding carboxylic acids is 1. The summed E-state index contributed by atoms with van der Waals surface area (Å²) >= 11 is 0. The molecule has 5 nitrogen and oxygen atoms in total. The van der Waals surface area contributed by atoms with Crippen LogP contribution < -0.4 is 5.32 Å². The maximum absolute atomic E-state index is 11.1. The number of aliphatic hydroxyl groups is 1. The zero-order valence-corrected chi connectivity index (χ0v) is 11.0. The molecule has 0 aliphatic rings. The number of β-amino-alcohol motifs (C(OH)–C–C–N with tert-alkyl or cyclic N) is 1. The highest BCUT2D eigenvalue weighted by Gasteiger charge is 2.15. The quantitative estimate of drug-likeness (QED) is 0.376. The third-order valence-corrected chi connectivity index (χ3v) is 2.01. The number of hydrogen-bond acceptors (Lipinski definition) is 5. The zero-order chi connectivity index (χ0) is 13.3. The fourth-order valence-electron chi connectivity index (χ4n) is 1.13. The van der Waals surface area contributed by atoms with Gasteiger partial charge < -0.3 is 19.9 Å². The van der Waals surface area contributed by atoms with Gasteiger partial charge in [-0.05, 0) is 27.7 Å². The van der Waals surface area contributed by atoms with Crippen LogP contribution in [0.2, 0.25) is 0 Å². The van der Waals surface area contributed by atoms with Crippen molar-refractivity contribution in [3.05, 3.63) is 12.2 Å². The van der Waals surface area contributed by atoms with Crippen LogP contribution in [-0.2, 0) is 14.3 Å². The van der Waals surface area contributed by atoms with Crippen molar-refractivity contribution in [2.24, 2.45) is 0 Å². The molecule has 0 saturated heterocycles. The number of rotatable bonds is 8. The van der Waals surface area contributed by atoms with E-state index in [4.69, 9.17) is 9.47 Å². The summed E-state index contributed by atoms with van der Waals surface area (Å²) in [6.07, 6.45) is 2.24. The van der Waals surface area contributed by atoms with Crippen molar-refractivity contribution in [2.45, 2.75) is 39.5 Å². The molecule has 0 rings (SSSR count). The van der Waals surface area contributed by atoms with Crippen LogP contribution in [0.5, 0.6) is 0 Å². The van der Waals surface area contributed by atoms with E-state index in [0.717, 1.165) is 0 Å². The van der Waals surface area contributed by atoms with Crippen molar-refractivity contribution in [1.29, 1.82) is 0 Å². The van der Waals surface area contributed by atoms with E-state index >= 15 is 0 Å². The van der Waals surface area contributed by atoms with Gasteiger partial charge in [-0.15, -0.1) is 0 Å². The number of aliphatic hydroxyl groups excluding tert-OH is 1. The largest absolute Gasteiger partial charge is 0.463 e. The molecule has 0 aromatic heterocycles. The number of esters is 1. The van der Waals surface area contributed by atoms with Gasteiger partial charge in [0.25, 0.3) is 0 Å². The van der Waals surface area contributed by atoms with Crippen molar-refractivity contribution in [2.75, 3.05) is 19.8 Å². The van der Waals surface area contributed by atoms with Crippen LogP contribution in [0.1, 0.15) is 27.7 Å². The lowest BCUT2D eigenvalue weighted by atomic mass is 10.1. The predicted molar refractivity (Wildman–Crippen MR) is 65.5 cm³/mol. The first-order valence-electron chi connectivity index (χ1n) is 5.82. The second kappa shape index (κ2) is 8.22. The Morgan fingerprint density at radius 2 is 2.06 bits per heavy atom. The van der Waals surface area contributed by atoms with Gasteiger partial charge in [-0.1, -0.05) is 6.08 Å². The van der Waals surface area contributed by atoms with E-state index in [1.54, 1.807) is 13.0 Å². The van der Waals surface area contributed by atoms with E-state index in [9.17, 15) is 9.90 Å². The summed E-state index contributed by atoms with van der Waals surface area (Å²) in [6, 6.07) is 0. The molecule has 0 spiro atoms. The fourth-order valence-corrected chi connectivity index (χ4v) is 1.13. The molecule has 5 heteroatoms. The number of carbonyl (C=O) groups is 1. The summed E-state index contributed by atoms with van der Waals surface area (Å²) in [5.41, 5.74) is -0.412. The highest BCUT2D eigenvalue weighted by molar-refractivity contribution is 5.82. The summed E-state index contributed by atoms with van der Waals surface area (Å²) < 4.78 is 9.75. The minimum absolute atomic E-state index is 0.300. The zero-order valence-electron chi connectivity index (χ0n) is 11.0. The minimum Gasteiger partial charge on any atom is -0.463 e. The lowest BCUT2D eigenvalue weighted by molar-refractivity contribution is -0.137. The molecule has 1 unspecified atom stereocenters. The molecule has 0 aromatic carbocycles. The first-order valence-corrected chi connectivity index (χ1v) is 5.82. The maximum atomic E-state index is 11.1. The summed E-state index contributed by atoms with van der Waals surface area (Å²) in [4.78, 5) is 11.1. The lowest BCUT2D eigenvalue weighted by Gasteiger charge is -2.24. The van der Waals surface area contributed by atoms with Gasteiger partial charge >= 0.3 is 5.97 Å². The molecular formula is C12H23NO4.